The lowest BCUT2D eigenvalue weighted by molar-refractivity contribution is 0.0478. The summed E-state index contributed by atoms with van der Waals surface area (Å²) in [6, 6.07) is 4.96. The summed E-state index contributed by atoms with van der Waals surface area (Å²) in [5.41, 5.74) is 0.341. The van der Waals surface area contributed by atoms with Crippen LogP contribution in [0.4, 0.5) is 13.2 Å². The third kappa shape index (κ3) is 1.62. The Morgan fingerprint density at radius 2 is 1.79 bits per heavy atom. The molecule has 2 atom stereocenters. The molecule has 2 unspecified atom stereocenters. The largest absolute Gasteiger partial charge is 0.388 e. The Bertz CT molecular complexity index is 334. The van der Waals surface area contributed by atoms with Gasteiger partial charge in [-0.15, -0.1) is 0 Å². The highest BCUT2D eigenvalue weighted by Gasteiger charge is 2.60. The fourth-order valence-electron chi connectivity index (χ4n) is 1.47. The first kappa shape index (κ1) is 9.52. The predicted molar refractivity (Wildman–Crippen MR) is 44.4 cm³/mol. The Morgan fingerprint density at radius 3 is 2.21 bits per heavy atom. The molecule has 1 aliphatic carbocycles. The lowest BCUT2D eigenvalue weighted by Gasteiger charge is -2.09. The van der Waals surface area contributed by atoms with Crippen molar-refractivity contribution in [2.75, 3.05) is 0 Å². The van der Waals surface area contributed by atoms with E-state index >= 15 is 0 Å². The number of aliphatic hydroxyl groups excluding tert-OH is 1. The van der Waals surface area contributed by atoms with Gasteiger partial charge in [-0.25, -0.2) is 13.2 Å². The van der Waals surface area contributed by atoms with Gasteiger partial charge in [0.15, 0.2) is 0 Å². The molecule has 0 saturated heterocycles. The second kappa shape index (κ2) is 2.98. The Labute approximate surface area is 79.2 Å². The van der Waals surface area contributed by atoms with Crippen molar-refractivity contribution < 1.29 is 18.3 Å². The molecule has 2 rings (SSSR count). The summed E-state index contributed by atoms with van der Waals surface area (Å²) >= 11 is 0. The zero-order valence-electron chi connectivity index (χ0n) is 7.25. The van der Waals surface area contributed by atoms with Crippen LogP contribution < -0.4 is 0 Å². The minimum atomic E-state index is -2.76. The van der Waals surface area contributed by atoms with Gasteiger partial charge in [0.25, 0.3) is 5.92 Å². The zero-order chi connectivity index (χ0) is 10.3. The summed E-state index contributed by atoms with van der Waals surface area (Å²) in [5.74, 6) is -4.20. The van der Waals surface area contributed by atoms with E-state index in [1.165, 1.54) is 12.1 Å². The lowest BCUT2D eigenvalue weighted by Crippen LogP contribution is -2.06. The molecule has 1 aromatic carbocycles. The first-order chi connectivity index (χ1) is 6.50. The maximum Gasteiger partial charge on any atom is 0.254 e. The quantitative estimate of drug-likeness (QED) is 0.781. The molecule has 0 aromatic heterocycles. The van der Waals surface area contributed by atoms with Crippen molar-refractivity contribution in [3.63, 3.8) is 0 Å². The molecular formula is C10H9F3O. The van der Waals surface area contributed by atoms with Crippen molar-refractivity contribution in [1.82, 2.24) is 0 Å². The van der Waals surface area contributed by atoms with E-state index in [1.54, 1.807) is 0 Å². The maximum absolute atomic E-state index is 12.6. The van der Waals surface area contributed by atoms with Gasteiger partial charge >= 0.3 is 0 Å². The average Bonchev–Trinajstić information content (AvgIpc) is 2.75. The fourth-order valence-corrected chi connectivity index (χ4v) is 1.47. The maximum atomic E-state index is 12.6. The predicted octanol–water partition coefficient (Wildman–Crippen LogP) is 2.51. The molecule has 0 amide bonds. The van der Waals surface area contributed by atoms with Crippen LogP contribution in [0.1, 0.15) is 18.1 Å². The monoisotopic (exact) mass is 202 g/mol. The Hall–Kier alpha value is -1.03. The number of hydrogen-bond acceptors (Lipinski definition) is 1. The van der Waals surface area contributed by atoms with Crippen LogP contribution in [0.2, 0.25) is 0 Å². The van der Waals surface area contributed by atoms with Gasteiger partial charge in [0.1, 0.15) is 5.82 Å². The summed E-state index contributed by atoms with van der Waals surface area (Å²) in [7, 11) is 0. The van der Waals surface area contributed by atoms with Crippen molar-refractivity contribution in [2.45, 2.75) is 18.4 Å². The minimum Gasteiger partial charge on any atom is -0.388 e. The molecule has 0 heterocycles. The topological polar surface area (TPSA) is 20.2 Å². The minimum absolute atomic E-state index is 0.286. The molecule has 0 bridgehead atoms. The highest BCUT2D eigenvalue weighted by atomic mass is 19.3. The summed E-state index contributed by atoms with van der Waals surface area (Å²) < 4.78 is 37.6. The van der Waals surface area contributed by atoms with Gasteiger partial charge in [0.2, 0.25) is 0 Å². The summed E-state index contributed by atoms with van der Waals surface area (Å²) in [4.78, 5) is 0. The lowest BCUT2D eigenvalue weighted by atomic mass is 10.1. The van der Waals surface area contributed by atoms with Crippen molar-refractivity contribution in [1.29, 1.82) is 0 Å². The molecule has 1 N–H and O–H groups in total. The Morgan fingerprint density at radius 1 is 1.29 bits per heavy atom. The van der Waals surface area contributed by atoms with Crippen molar-refractivity contribution in [3.8, 4) is 0 Å². The van der Waals surface area contributed by atoms with Gasteiger partial charge in [0, 0.05) is 6.42 Å². The molecule has 0 radical (unpaired) electrons. The first-order valence-corrected chi connectivity index (χ1v) is 4.32. The van der Waals surface area contributed by atoms with Gasteiger partial charge < -0.3 is 5.11 Å². The molecule has 0 spiro atoms. The van der Waals surface area contributed by atoms with Gasteiger partial charge in [-0.2, -0.15) is 0 Å². The van der Waals surface area contributed by atoms with Crippen molar-refractivity contribution in [2.24, 2.45) is 5.92 Å². The number of alkyl halides is 2. The van der Waals surface area contributed by atoms with Gasteiger partial charge in [-0.3, -0.25) is 0 Å². The van der Waals surface area contributed by atoms with E-state index in [-0.39, 0.29) is 6.42 Å². The SMILES string of the molecule is OC(c1ccc(F)cc1)C1CC1(F)F. The highest BCUT2D eigenvalue weighted by molar-refractivity contribution is 5.22. The third-order valence-electron chi connectivity index (χ3n) is 2.47. The molecule has 1 fully saturated rings. The summed E-state index contributed by atoms with van der Waals surface area (Å²) in [5, 5.41) is 9.48. The molecule has 76 valence electrons. The molecule has 14 heavy (non-hydrogen) atoms. The van der Waals surface area contributed by atoms with Crippen LogP contribution >= 0.6 is 0 Å². The highest BCUT2D eigenvalue weighted by Crippen LogP contribution is 2.54. The van der Waals surface area contributed by atoms with Crippen LogP contribution in [0.25, 0.3) is 0 Å². The number of hydrogen-bond donors (Lipinski definition) is 1. The number of benzene rings is 1. The first-order valence-electron chi connectivity index (χ1n) is 4.32. The molecule has 1 nitrogen and oxygen atoms in total. The van der Waals surface area contributed by atoms with Crippen molar-refractivity contribution in [3.05, 3.63) is 35.6 Å². The van der Waals surface area contributed by atoms with Gasteiger partial charge in [0.05, 0.1) is 12.0 Å². The molecule has 1 saturated carbocycles. The van der Waals surface area contributed by atoms with E-state index < -0.39 is 23.8 Å². The standard InChI is InChI=1S/C10H9F3O/c11-7-3-1-6(2-4-7)9(14)8-5-10(8,12)13/h1-4,8-9,14H,5H2. The Balaban J connectivity index is 2.13. The van der Waals surface area contributed by atoms with Crippen LogP contribution in [0.3, 0.4) is 0 Å². The molecule has 1 aliphatic rings. The van der Waals surface area contributed by atoms with Crippen LogP contribution in [0, 0.1) is 11.7 Å². The molecule has 4 heteroatoms. The van der Waals surface area contributed by atoms with E-state index in [2.05, 4.69) is 0 Å². The van der Waals surface area contributed by atoms with Crippen LogP contribution in [0.5, 0.6) is 0 Å². The number of aliphatic hydroxyl groups is 1. The molecule has 0 aliphatic heterocycles. The van der Waals surface area contributed by atoms with Gasteiger partial charge in [-0.1, -0.05) is 12.1 Å². The summed E-state index contributed by atoms with van der Waals surface area (Å²) in [6.07, 6.45) is -1.48. The van der Waals surface area contributed by atoms with Crippen LogP contribution in [-0.2, 0) is 0 Å². The van der Waals surface area contributed by atoms with Crippen molar-refractivity contribution >= 4 is 0 Å². The van der Waals surface area contributed by atoms with E-state index in [0.717, 1.165) is 12.1 Å². The van der Waals surface area contributed by atoms with E-state index in [0.29, 0.717) is 5.56 Å². The number of rotatable bonds is 2. The second-order valence-corrected chi connectivity index (χ2v) is 3.57. The zero-order valence-corrected chi connectivity index (χ0v) is 7.25. The number of halogens is 3. The Kier molecular flexibility index (Phi) is 2.03. The average molecular weight is 202 g/mol. The van der Waals surface area contributed by atoms with Crippen LogP contribution in [-0.4, -0.2) is 11.0 Å². The normalized spacial score (nSPS) is 25.9. The second-order valence-electron chi connectivity index (χ2n) is 3.57. The third-order valence-corrected chi connectivity index (χ3v) is 2.47. The van der Waals surface area contributed by atoms with E-state index in [4.69, 9.17) is 0 Å². The smallest absolute Gasteiger partial charge is 0.254 e. The van der Waals surface area contributed by atoms with Crippen LogP contribution in [0.15, 0.2) is 24.3 Å². The molecule has 1 aromatic rings. The summed E-state index contributed by atoms with van der Waals surface area (Å²) in [6.45, 7) is 0. The van der Waals surface area contributed by atoms with E-state index in [1.807, 2.05) is 0 Å². The van der Waals surface area contributed by atoms with E-state index in [9.17, 15) is 18.3 Å². The van der Waals surface area contributed by atoms with Gasteiger partial charge in [-0.05, 0) is 17.7 Å². The molecular weight excluding hydrogens is 193 g/mol. The fraction of sp³-hybridized carbons (Fsp3) is 0.400.